The van der Waals surface area contributed by atoms with E-state index in [1.54, 1.807) is 13.8 Å². The molecule has 0 aliphatic carbocycles. The molecule has 0 heterocycles. The van der Waals surface area contributed by atoms with Gasteiger partial charge in [-0.15, -0.1) is 0 Å². The lowest BCUT2D eigenvalue weighted by molar-refractivity contribution is -0.143. The van der Waals surface area contributed by atoms with Gasteiger partial charge in [-0.3, -0.25) is 14.4 Å². The summed E-state index contributed by atoms with van der Waals surface area (Å²) in [7, 11) is 0. The zero-order valence-electron chi connectivity index (χ0n) is 20.1. The van der Waals surface area contributed by atoms with Gasteiger partial charge in [-0.2, -0.15) is 23.5 Å². The number of unbranched alkanes of at least 4 members (excludes halogenated alkanes) is 1. The van der Waals surface area contributed by atoms with Crippen LogP contribution in [0.25, 0.3) is 0 Å². The molecule has 12 heteroatoms. The first-order chi connectivity index (χ1) is 15.6. The predicted molar refractivity (Wildman–Crippen MR) is 135 cm³/mol. The van der Waals surface area contributed by atoms with Crippen LogP contribution in [-0.4, -0.2) is 83.5 Å². The molecule has 0 rings (SSSR count). The second kappa shape index (κ2) is 17.9. The highest BCUT2D eigenvalue weighted by molar-refractivity contribution is 7.98. The van der Waals surface area contributed by atoms with E-state index < -0.39 is 47.9 Å². The fraction of sp³-hybridized carbons (Fsp3) is 0.810. The number of hydrogen-bond donors (Lipinski definition) is 6. The van der Waals surface area contributed by atoms with Crippen LogP contribution < -0.4 is 27.4 Å². The van der Waals surface area contributed by atoms with E-state index >= 15 is 0 Å². The van der Waals surface area contributed by atoms with Gasteiger partial charge in [-0.05, 0) is 62.2 Å². The average molecular weight is 508 g/mol. The van der Waals surface area contributed by atoms with Crippen molar-refractivity contribution in [1.82, 2.24) is 16.0 Å². The van der Waals surface area contributed by atoms with Crippen LogP contribution in [0.2, 0.25) is 0 Å². The number of carbonyl (C=O) groups excluding carboxylic acids is 3. The van der Waals surface area contributed by atoms with Gasteiger partial charge in [0.15, 0.2) is 0 Å². The fourth-order valence-electron chi connectivity index (χ4n) is 2.97. The van der Waals surface area contributed by atoms with E-state index in [1.807, 2.05) is 12.5 Å². The predicted octanol–water partition coefficient (Wildman–Crippen LogP) is 0.144. The standard InChI is InChI=1S/C21H41N5O5S2/c1-13(2)17(21(30)31)26-20(29)16(9-12-33-4)25-19(28)15(8-11-32-3)24-18(27)14(23)7-5-6-10-22/h13-17H,5-12,22-23H2,1-4H3,(H,24,27)(H,25,28)(H,26,29)(H,30,31). The molecule has 0 aromatic carbocycles. The number of thioether (sulfide) groups is 2. The van der Waals surface area contributed by atoms with Crippen molar-refractivity contribution in [2.24, 2.45) is 17.4 Å². The molecule has 4 atom stereocenters. The van der Waals surface area contributed by atoms with Gasteiger partial charge in [0, 0.05) is 0 Å². The summed E-state index contributed by atoms with van der Waals surface area (Å²) in [6.07, 6.45) is 6.40. The number of hydrogen-bond acceptors (Lipinski definition) is 8. The molecule has 0 fully saturated rings. The van der Waals surface area contributed by atoms with Crippen LogP contribution in [0.4, 0.5) is 0 Å². The number of rotatable bonds is 18. The molecular formula is C21H41N5O5S2. The van der Waals surface area contributed by atoms with Crippen molar-refractivity contribution in [2.75, 3.05) is 30.6 Å². The van der Waals surface area contributed by atoms with Crippen molar-refractivity contribution >= 4 is 47.2 Å². The third-order valence-corrected chi connectivity index (χ3v) is 6.31. The van der Waals surface area contributed by atoms with Crippen molar-refractivity contribution in [1.29, 1.82) is 0 Å². The van der Waals surface area contributed by atoms with Crippen molar-refractivity contribution in [3.8, 4) is 0 Å². The molecule has 4 unspecified atom stereocenters. The Morgan fingerprint density at radius 3 is 1.73 bits per heavy atom. The molecule has 8 N–H and O–H groups in total. The summed E-state index contributed by atoms with van der Waals surface area (Å²) in [4.78, 5) is 49.8. The zero-order chi connectivity index (χ0) is 25.4. The molecule has 0 aromatic rings. The molecule has 0 saturated heterocycles. The maximum absolute atomic E-state index is 13.0. The molecule has 0 spiro atoms. The summed E-state index contributed by atoms with van der Waals surface area (Å²) in [6.45, 7) is 3.91. The van der Waals surface area contributed by atoms with Crippen molar-refractivity contribution < 1.29 is 24.3 Å². The summed E-state index contributed by atoms with van der Waals surface area (Å²) in [5, 5.41) is 17.3. The minimum absolute atomic E-state index is 0.322. The quantitative estimate of drug-likeness (QED) is 0.141. The summed E-state index contributed by atoms with van der Waals surface area (Å²) < 4.78 is 0. The van der Waals surface area contributed by atoms with Crippen LogP contribution in [0.1, 0.15) is 46.0 Å². The van der Waals surface area contributed by atoms with Crippen LogP contribution in [0.3, 0.4) is 0 Å². The molecule has 0 aliphatic rings. The first kappa shape index (κ1) is 31.5. The van der Waals surface area contributed by atoms with Crippen LogP contribution in [-0.2, 0) is 19.2 Å². The molecule has 0 radical (unpaired) electrons. The number of amides is 3. The zero-order valence-corrected chi connectivity index (χ0v) is 21.7. The topological polar surface area (TPSA) is 177 Å². The highest BCUT2D eigenvalue weighted by Gasteiger charge is 2.31. The number of nitrogens with two attached hydrogens (primary N) is 2. The Hall–Kier alpha value is -1.50. The maximum atomic E-state index is 13.0. The summed E-state index contributed by atoms with van der Waals surface area (Å²) in [6, 6.07) is -3.59. The van der Waals surface area contributed by atoms with Crippen molar-refractivity contribution in [3.05, 3.63) is 0 Å². The molecule has 33 heavy (non-hydrogen) atoms. The van der Waals surface area contributed by atoms with Crippen LogP contribution >= 0.6 is 23.5 Å². The third-order valence-electron chi connectivity index (χ3n) is 5.02. The van der Waals surface area contributed by atoms with Crippen molar-refractivity contribution in [2.45, 2.75) is 70.1 Å². The number of nitrogens with one attached hydrogen (secondary N) is 3. The molecule has 192 valence electrons. The largest absolute Gasteiger partial charge is 0.480 e. The first-order valence-electron chi connectivity index (χ1n) is 11.2. The van der Waals surface area contributed by atoms with Gasteiger partial charge in [0.1, 0.15) is 18.1 Å². The normalized spacial score (nSPS) is 14.8. The lowest BCUT2D eigenvalue weighted by atomic mass is 10.0. The van der Waals surface area contributed by atoms with E-state index in [1.165, 1.54) is 23.5 Å². The van der Waals surface area contributed by atoms with Gasteiger partial charge in [-0.25, -0.2) is 4.79 Å². The van der Waals surface area contributed by atoms with E-state index in [0.29, 0.717) is 43.7 Å². The molecule has 0 aliphatic heterocycles. The van der Waals surface area contributed by atoms with E-state index in [9.17, 15) is 24.3 Å². The van der Waals surface area contributed by atoms with E-state index in [-0.39, 0.29) is 5.92 Å². The Morgan fingerprint density at radius 1 is 0.818 bits per heavy atom. The van der Waals surface area contributed by atoms with Gasteiger partial charge in [0.25, 0.3) is 0 Å². The molecule has 3 amide bonds. The van der Waals surface area contributed by atoms with Crippen molar-refractivity contribution in [3.63, 3.8) is 0 Å². The lowest BCUT2D eigenvalue weighted by Crippen LogP contribution is -2.57. The molecule has 0 aromatic heterocycles. The Kier molecular flexibility index (Phi) is 17.1. The molecule has 0 bridgehead atoms. The van der Waals surface area contributed by atoms with E-state index in [2.05, 4.69) is 16.0 Å². The number of carbonyl (C=O) groups is 4. The second-order valence-electron chi connectivity index (χ2n) is 8.14. The van der Waals surface area contributed by atoms with Crippen LogP contribution in [0.5, 0.6) is 0 Å². The van der Waals surface area contributed by atoms with E-state index in [0.717, 1.165) is 6.42 Å². The van der Waals surface area contributed by atoms with Gasteiger partial charge in [-0.1, -0.05) is 20.3 Å². The van der Waals surface area contributed by atoms with Gasteiger partial charge >= 0.3 is 5.97 Å². The lowest BCUT2D eigenvalue weighted by Gasteiger charge is -2.26. The van der Waals surface area contributed by atoms with Gasteiger partial charge in [0.05, 0.1) is 6.04 Å². The maximum Gasteiger partial charge on any atom is 0.326 e. The summed E-state index contributed by atoms with van der Waals surface area (Å²) >= 11 is 3.04. The van der Waals surface area contributed by atoms with Crippen LogP contribution in [0, 0.1) is 5.92 Å². The minimum atomic E-state index is -1.14. The monoisotopic (exact) mass is 507 g/mol. The average Bonchev–Trinajstić information content (AvgIpc) is 2.76. The molecule has 10 nitrogen and oxygen atoms in total. The Morgan fingerprint density at radius 2 is 1.30 bits per heavy atom. The SMILES string of the molecule is CSCCC(NC(=O)C(N)CCCCN)C(=O)NC(CCSC)C(=O)NC(C(=O)O)C(C)C. The summed E-state index contributed by atoms with van der Waals surface area (Å²) in [5.74, 6) is -1.73. The highest BCUT2D eigenvalue weighted by Crippen LogP contribution is 2.08. The highest BCUT2D eigenvalue weighted by atomic mass is 32.2. The minimum Gasteiger partial charge on any atom is -0.480 e. The fourth-order valence-corrected chi connectivity index (χ4v) is 3.91. The smallest absolute Gasteiger partial charge is 0.326 e. The number of carboxylic acids is 1. The Bertz CT molecular complexity index is 624. The molecular weight excluding hydrogens is 466 g/mol. The van der Waals surface area contributed by atoms with Gasteiger partial charge < -0.3 is 32.5 Å². The summed E-state index contributed by atoms with van der Waals surface area (Å²) in [5.41, 5.74) is 11.4. The number of aliphatic carboxylic acids is 1. The number of carboxylic acid groups (broad SMARTS) is 1. The first-order valence-corrected chi connectivity index (χ1v) is 13.9. The van der Waals surface area contributed by atoms with Gasteiger partial charge in [0.2, 0.25) is 17.7 Å². The third kappa shape index (κ3) is 13.1. The molecule has 0 saturated carbocycles. The Labute approximate surface area is 205 Å². The second-order valence-corrected chi connectivity index (χ2v) is 10.1. The van der Waals surface area contributed by atoms with E-state index in [4.69, 9.17) is 11.5 Å². The van der Waals surface area contributed by atoms with Crippen LogP contribution in [0.15, 0.2) is 0 Å². The Balaban J connectivity index is 5.32.